The monoisotopic (exact) mass is 298 g/mol. The molecule has 1 unspecified atom stereocenters. The molecule has 0 saturated carbocycles. The Hall–Kier alpha value is -0.640. The summed E-state index contributed by atoms with van der Waals surface area (Å²) in [4.78, 5) is 2.53. The van der Waals surface area contributed by atoms with Gasteiger partial charge in [0.05, 0.1) is 0 Å². The van der Waals surface area contributed by atoms with Crippen LogP contribution in [0.25, 0.3) is 0 Å². The van der Waals surface area contributed by atoms with E-state index in [1.54, 1.807) is 12.1 Å². The Morgan fingerprint density at radius 3 is 2.75 bits per heavy atom. The van der Waals surface area contributed by atoms with E-state index in [9.17, 15) is 4.39 Å². The Bertz CT molecular complexity index is 399. The van der Waals surface area contributed by atoms with Gasteiger partial charge in [0.25, 0.3) is 0 Å². The lowest BCUT2D eigenvalue weighted by atomic mass is 10.1. The summed E-state index contributed by atoms with van der Waals surface area (Å²) in [5.41, 5.74) is 0.569. The van der Waals surface area contributed by atoms with Crippen LogP contribution in [0.15, 0.2) is 18.2 Å². The van der Waals surface area contributed by atoms with E-state index in [0.717, 1.165) is 13.1 Å². The van der Waals surface area contributed by atoms with Crippen LogP contribution >= 0.6 is 11.6 Å². The molecule has 0 aromatic heterocycles. The molecule has 0 radical (unpaired) electrons. The van der Waals surface area contributed by atoms with Crippen molar-refractivity contribution in [3.05, 3.63) is 34.6 Å². The second-order valence-electron chi connectivity index (χ2n) is 5.80. The number of benzene rings is 1. The fraction of sp³-hybridized carbons (Fsp3) is 0.625. The molecule has 1 saturated heterocycles. The molecule has 1 N–H and O–H groups in total. The highest BCUT2D eigenvalue weighted by Crippen LogP contribution is 2.18. The van der Waals surface area contributed by atoms with Gasteiger partial charge >= 0.3 is 0 Å². The molecule has 1 aromatic rings. The van der Waals surface area contributed by atoms with E-state index in [4.69, 9.17) is 11.6 Å². The van der Waals surface area contributed by atoms with Gasteiger partial charge in [-0.25, -0.2) is 4.39 Å². The summed E-state index contributed by atoms with van der Waals surface area (Å²) < 4.78 is 13.6. The molecule has 1 heterocycles. The van der Waals surface area contributed by atoms with Crippen LogP contribution in [0.4, 0.5) is 4.39 Å². The van der Waals surface area contributed by atoms with Crippen LogP contribution in [0.3, 0.4) is 0 Å². The number of rotatable bonds is 6. The Morgan fingerprint density at radius 2 is 2.05 bits per heavy atom. The molecule has 1 aromatic carbocycles. The fourth-order valence-corrected chi connectivity index (χ4v) is 3.02. The van der Waals surface area contributed by atoms with Crippen LogP contribution in [0.5, 0.6) is 0 Å². The summed E-state index contributed by atoms with van der Waals surface area (Å²) in [6.45, 7) is 7.20. The highest BCUT2D eigenvalue weighted by Gasteiger charge is 2.13. The molecule has 1 aliphatic heterocycles. The molecular formula is C16H24ClFN2. The highest BCUT2D eigenvalue weighted by molar-refractivity contribution is 6.31. The number of nitrogens with zero attached hydrogens (tertiary/aromatic N) is 1. The van der Waals surface area contributed by atoms with Crippen LogP contribution in [0.2, 0.25) is 5.02 Å². The number of piperidine rings is 1. The maximum atomic E-state index is 13.6. The zero-order chi connectivity index (χ0) is 14.4. The molecule has 20 heavy (non-hydrogen) atoms. The number of hydrogen-bond acceptors (Lipinski definition) is 2. The third-order valence-electron chi connectivity index (χ3n) is 3.87. The van der Waals surface area contributed by atoms with Crippen LogP contribution in [0.1, 0.15) is 31.7 Å². The average Bonchev–Trinajstić information content (AvgIpc) is 2.43. The molecule has 1 atom stereocenters. The summed E-state index contributed by atoms with van der Waals surface area (Å²) in [7, 11) is 0. The van der Waals surface area contributed by atoms with E-state index in [1.807, 2.05) is 0 Å². The average molecular weight is 299 g/mol. The smallest absolute Gasteiger partial charge is 0.129 e. The quantitative estimate of drug-likeness (QED) is 0.861. The van der Waals surface area contributed by atoms with E-state index in [1.165, 1.54) is 38.4 Å². The molecule has 4 heteroatoms. The zero-order valence-electron chi connectivity index (χ0n) is 12.2. The fourth-order valence-electron chi connectivity index (χ4n) is 2.79. The lowest BCUT2D eigenvalue weighted by molar-refractivity contribution is 0.199. The zero-order valence-corrected chi connectivity index (χ0v) is 12.9. The summed E-state index contributed by atoms with van der Waals surface area (Å²) in [6.07, 6.45) is 4.02. The molecule has 0 aliphatic carbocycles. The molecule has 112 valence electrons. The molecule has 2 rings (SSSR count). The van der Waals surface area contributed by atoms with Crippen molar-refractivity contribution in [2.24, 2.45) is 5.92 Å². The topological polar surface area (TPSA) is 15.3 Å². The van der Waals surface area contributed by atoms with Crippen molar-refractivity contribution in [1.82, 2.24) is 10.2 Å². The SMILES string of the molecule is CC(CNCc1c(F)cccc1Cl)CN1CCCCC1. The van der Waals surface area contributed by atoms with Crippen LogP contribution in [-0.2, 0) is 6.54 Å². The first kappa shape index (κ1) is 15.7. The van der Waals surface area contributed by atoms with E-state index < -0.39 is 0 Å². The Morgan fingerprint density at radius 1 is 1.30 bits per heavy atom. The third-order valence-corrected chi connectivity index (χ3v) is 4.23. The minimum Gasteiger partial charge on any atom is -0.312 e. The van der Waals surface area contributed by atoms with Crippen LogP contribution in [-0.4, -0.2) is 31.1 Å². The minimum atomic E-state index is -0.228. The second-order valence-corrected chi connectivity index (χ2v) is 6.20. The second kappa shape index (κ2) is 7.96. The van der Waals surface area contributed by atoms with Gasteiger partial charge in [-0.2, -0.15) is 0 Å². The number of nitrogens with one attached hydrogen (secondary N) is 1. The van der Waals surface area contributed by atoms with Crippen molar-refractivity contribution in [1.29, 1.82) is 0 Å². The number of hydrogen-bond donors (Lipinski definition) is 1. The first-order valence-electron chi connectivity index (χ1n) is 7.53. The van der Waals surface area contributed by atoms with Crippen molar-refractivity contribution in [3.63, 3.8) is 0 Å². The van der Waals surface area contributed by atoms with Gasteiger partial charge in [-0.05, 0) is 50.5 Å². The van der Waals surface area contributed by atoms with Crippen molar-refractivity contribution < 1.29 is 4.39 Å². The standard InChI is InChI=1S/C16H24ClFN2/c1-13(12-20-8-3-2-4-9-20)10-19-11-14-15(17)6-5-7-16(14)18/h5-7,13,19H,2-4,8-12H2,1H3. The molecule has 1 fully saturated rings. The lowest BCUT2D eigenvalue weighted by Crippen LogP contribution is -2.36. The van der Waals surface area contributed by atoms with Gasteiger partial charge in [0.1, 0.15) is 5.82 Å². The molecule has 0 amide bonds. The van der Waals surface area contributed by atoms with Gasteiger partial charge in [0.15, 0.2) is 0 Å². The normalized spacial score (nSPS) is 18.1. The van der Waals surface area contributed by atoms with Crippen molar-refractivity contribution in [2.45, 2.75) is 32.7 Å². The first-order valence-corrected chi connectivity index (χ1v) is 7.90. The van der Waals surface area contributed by atoms with Gasteiger partial charge < -0.3 is 10.2 Å². The minimum absolute atomic E-state index is 0.228. The van der Waals surface area contributed by atoms with Crippen molar-refractivity contribution >= 4 is 11.6 Å². The molecule has 1 aliphatic rings. The summed E-state index contributed by atoms with van der Waals surface area (Å²) in [5.74, 6) is 0.340. The Balaban J connectivity index is 1.72. The first-order chi connectivity index (χ1) is 9.66. The van der Waals surface area contributed by atoms with Gasteiger partial charge in [0.2, 0.25) is 0 Å². The molecular weight excluding hydrogens is 275 g/mol. The van der Waals surface area contributed by atoms with Crippen molar-refractivity contribution in [3.8, 4) is 0 Å². The molecule has 2 nitrogen and oxygen atoms in total. The molecule has 0 bridgehead atoms. The lowest BCUT2D eigenvalue weighted by Gasteiger charge is -2.29. The largest absolute Gasteiger partial charge is 0.312 e. The van der Waals surface area contributed by atoms with E-state index >= 15 is 0 Å². The maximum Gasteiger partial charge on any atom is 0.129 e. The van der Waals surface area contributed by atoms with Gasteiger partial charge in [0, 0.05) is 23.7 Å². The van der Waals surface area contributed by atoms with Gasteiger partial charge in [-0.1, -0.05) is 31.0 Å². The van der Waals surface area contributed by atoms with Crippen LogP contribution in [0, 0.1) is 11.7 Å². The summed E-state index contributed by atoms with van der Waals surface area (Å²) in [6, 6.07) is 4.83. The van der Waals surface area contributed by atoms with Gasteiger partial charge in [-0.15, -0.1) is 0 Å². The molecule has 0 spiro atoms. The Kier molecular flexibility index (Phi) is 6.27. The van der Waals surface area contributed by atoms with Gasteiger partial charge in [-0.3, -0.25) is 0 Å². The highest BCUT2D eigenvalue weighted by atomic mass is 35.5. The maximum absolute atomic E-state index is 13.6. The third kappa shape index (κ3) is 4.72. The summed E-state index contributed by atoms with van der Waals surface area (Å²) >= 11 is 6.01. The predicted molar refractivity (Wildman–Crippen MR) is 82.6 cm³/mol. The van der Waals surface area contributed by atoms with Crippen molar-refractivity contribution in [2.75, 3.05) is 26.2 Å². The Labute approximate surface area is 126 Å². The number of halogens is 2. The summed E-state index contributed by atoms with van der Waals surface area (Å²) in [5, 5.41) is 3.82. The van der Waals surface area contributed by atoms with Crippen LogP contribution < -0.4 is 5.32 Å². The number of likely N-dealkylation sites (tertiary alicyclic amines) is 1. The van der Waals surface area contributed by atoms with E-state index in [-0.39, 0.29) is 5.82 Å². The van der Waals surface area contributed by atoms with E-state index in [2.05, 4.69) is 17.1 Å². The van der Waals surface area contributed by atoms with E-state index in [0.29, 0.717) is 23.0 Å². The predicted octanol–water partition coefficient (Wildman–Crippen LogP) is 3.69.